The standard InChI is InChI=1S/C21H22ClF2NO4S/c22-14-3-5-15(6-4-14)30(27,28)21-9-1-10-25(11-2-12-26)18(21)13-29-20-17(24)8-7-16(23)19(20)21/h3-8,18,26H,1-2,9-13H2/t18?,21-/m0/s1. The van der Waals surface area contributed by atoms with Gasteiger partial charge in [-0.1, -0.05) is 11.6 Å². The topological polar surface area (TPSA) is 66.8 Å². The van der Waals surface area contributed by atoms with Crippen LogP contribution in [0.4, 0.5) is 8.78 Å². The lowest BCUT2D eigenvalue weighted by atomic mass is 9.80. The highest BCUT2D eigenvalue weighted by molar-refractivity contribution is 7.92. The van der Waals surface area contributed by atoms with Crippen LogP contribution >= 0.6 is 11.6 Å². The summed E-state index contributed by atoms with van der Waals surface area (Å²) in [5, 5.41) is 9.64. The van der Waals surface area contributed by atoms with Gasteiger partial charge < -0.3 is 9.84 Å². The quantitative estimate of drug-likeness (QED) is 0.744. The number of rotatable bonds is 5. The zero-order valence-electron chi connectivity index (χ0n) is 16.2. The number of aliphatic hydroxyl groups excluding tert-OH is 1. The molecule has 1 N–H and O–H groups in total. The fourth-order valence-corrected chi connectivity index (χ4v) is 7.23. The molecule has 1 fully saturated rings. The number of likely N-dealkylation sites (tertiary alicyclic amines) is 1. The van der Waals surface area contributed by atoms with Gasteiger partial charge >= 0.3 is 0 Å². The fraction of sp³-hybridized carbons (Fsp3) is 0.429. The van der Waals surface area contributed by atoms with E-state index in [2.05, 4.69) is 0 Å². The van der Waals surface area contributed by atoms with Crippen LogP contribution in [0.3, 0.4) is 0 Å². The third-order valence-electron chi connectivity index (χ3n) is 6.05. The Kier molecular flexibility index (Phi) is 5.78. The Hall–Kier alpha value is -1.74. The van der Waals surface area contributed by atoms with Crippen LogP contribution in [0.1, 0.15) is 24.8 Å². The molecule has 2 aliphatic rings. The van der Waals surface area contributed by atoms with E-state index in [1.54, 1.807) is 0 Å². The van der Waals surface area contributed by atoms with Crippen LogP contribution in [0.2, 0.25) is 5.02 Å². The van der Waals surface area contributed by atoms with Gasteiger partial charge in [-0.25, -0.2) is 17.2 Å². The summed E-state index contributed by atoms with van der Waals surface area (Å²) in [6, 6.07) is 6.89. The summed E-state index contributed by atoms with van der Waals surface area (Å²) in [6.45, 7) is 0.860. The van der Waals surface area contributed by atoms with Gasteiger partial charge in [0.2, 0.25) is 0 Å². The molecule has 30 heavy (non-hydrogen) atoms. The van der Waals surface area contributed by atoms with E-state index in [0.717, 1.165) is 12.1 Å². The van der Waals surface area contributed by atoms with Crippen LogP contribution in [0.5, 0.6) is 5.75 Å². The van der Waals surface area contributed by atoms with E-state index >= 15 is 4.39 Å². The molecule has 162 valence electrons. The second kappa shape index (κ2) is 8.07. The van der Waals surface area contributed by atoms with Crippen LogP contribution < -0.4 is 4.74 Å². The van der Waals surface area contributed by atoms with Crippen LogP contribution in [0.25, 0.3) is 0 Å². The van der Waals surface area contributed by atoms with Gasteiger partial charge in [0.25, 0.3) is 0 Å². The van der Waals surface area contributed by atoms with Crippen LogP contribution in [0.15, 0.2) is 41.3 Å². The van der Waals surface area contributed by atoms with Crippen molar-refractivity contribution in [2.24, 2.45) is 0 Å². The monoisotopic (exact) mass is 457 g/mol. The van der Waals surface area contributed by atoms with Crippen molar-refractivity contribution in [1.29, 1.82) is 0 Å². The average molecular weight is 458 g/mol. The first-order valence-corrected chi connectivity index (χ1v) is 11.7. The highest BCUT2D eigenvalue weighted by Gasteiger charge is 2.60. The maximum absolute atomic E-state index is 15.2. The maximum atomic E-state index is 15.2. The van der Waals surface area contributed by atoms with Gasteiger partial charge in [-0.05, 0) is 62.2 Å². The number of halogens is 3. The number of hydrogen-bond acceptors (Lipinski definition) is 5. The highest BCUT2D eigenvalue weighted by atomic mass is 35.5. The SMILES string of the molecule is O=S(=O)(c1ccc(Cl)cc1)[C@@]12CCCN(CCCO)C1COc1c(F)ccc(F)c12. The van der Waals surface area contributed by atoms with E-state index in [-0.39, 0.29) is 35.8 Å². The van der Waals surface area contributed by atoms with E-state index in [9.17, 15) is 17.9 Å². The Morgan fingerprint density at radius 2 is 1.87 bits per heavy atom. The molecule has 0 radical (unpaired) electrons. The fourth-order valence-electron chi connectivity index (χ4n) is 4.74. The molecular weight excluding hydrogens is 436 g/mol. The minimum Gasteiger partial charge on any atom is -0.488 e. The van der Waals surface area contributed by atoms with Crippen molar-refractivity contribution < 1.29 is 27.0 Å². The Morgan fingerprint density at radius 3 is 2.57 bits per heavy atom. The Bertz CT molecular complexity index is 1050. The summed E-state index contributed by atoms with van der Waals surface area (Å²) in [7, 11) is -4.16. The zero-order valence-corrected chi connectivity index (χ0v) is 17.7. The first-order valence-electron chi connectivity index (χ1n) is 9.79. The third kappa shape index (κ3) is 3.21. The second-order valence-corrected chi connectivity index (χ2v) is 10.3. The minimum absolute atomic E-state index is 0.00239. The number of fused-ring (bicyclic) bond motifs is 3. The molecule has 0 amide bonds. The summed E-state index contributed by atoms with van der Waals surface area (Å²) in [6.07, 6.45) is 1.05. The second-order valence-electron chi connectivity index (χ2n) is 7.62. The summed E-state index contributed by atoms with van der Waals surface area (Å²) in [5.41, 5.74) is -0.248. The van der Waals surface area contributed by atoms with E-state index in [0.29, 0.717) is 31.0 Å². The molecule has 5 nitrogen and oxygen atoms in total. The summed E-state index contributed by atoms with van der Waals surface area (Å²) in [5.74, 6) is -1.94. The number of hydrogen-bond donors (Lipinski definition) is 1. The van der Waals surface area contributed by atoms with Gasteiger partial charge in [0, 0.05) is 18.2 Å². The highest BCUT2D eigenvalue weighted by Crippen LogP contribution is 2.53. The van der Waals surface area contributed by atoms with E-state index in [4.69, 9.17) is 16.3 Å². The smallest absolute Gasteiger partial charge is 0.190 e. The molecule has 4 rings (SSSR count). The summed E-state index contributed by atoms with van der Waals surface area (Å²) >= 11 is 5.93. The largest absolute Gasteiger partial charge is 0.488 e. The summed E-state index contributed by atoms with van der Waals surface area (Å²) < 4.78 is 61.7. The van der Waals surface area contributed by atoms with Crippen LogP contribution in [-0.2, 0) is 14.6 Å². The Labute approximate surface area is 179 Å². The van der Waals surface area contributed by atoms with Crippen molar-refractivity contribution in [3.05, 3.63) is 58.6 Å². The molecule has 2 aromatic carbocycles. The number of piperidine rings is 1. The molecule has 2 aromatic rings. The van der Waals surface area contributed by atoms with E-state index in [1.807, 2.05) is 4.90 Å². The van der Waals surface area contributed by atoms with Crippen molar-refractivity contribution >= 4 is 21.4 Å². The van der Waals surface area contributed by atoms with E-state index < -0.39 is 32.3 Å². The number of benzene rings is 2. The zero-order chi connectivity index (χ0) is 21.5. The molecule has 1 saturated heterocycles. The van der Waals surface area contributed by atoms with Crippen molar-refractivity contribution in [2.75, 3.05) is 26.3 Å². The molecule has 2 atom stereocenters. The predicted octanol–water partition coefficient (Wildman–Crippen LogP) is 3.53. The van der Waals surface area contributed by atoms with Gasteiger partial charge in [0.1, 0.15) is 17.2 Å². The number of aliphatic hydroxyl groups is 1. The van der Waals surface area contributed by atoms with Gasteiger partial charge in [0.15, 0.2) is 21.4 Å². The third-order valence-corrected chi connectivity index (χ3v) is 8.83. The lowest BCUT2D eigenvalue weighted by Crippen LogP contribution is -2.63. The molecule has 2 aliphatic heterocycles. The normalized spacial score (nSPS) is 24.1. The molecule has 0 bridgehead atoms. The molecule has 0 saturated carbocycles. The molecule has 1 unspecified atom stereocenters. The van der Waals surface area contributed by atoms with Crippen molar-refractivity contribution in [3.8, 4) is 5.75 Å². The molecule has 2 heterocycles. The number of sulfone groups is 1. The van der Waals surface area contributed by atoms with Crippen LogP contribution in [0, 0.1) is 11.6 Å². The first kappa shape index (κ1) is 21.5. The Morgan fingerprint density at radius 1 is 1.17 bits per heavy atom. The number of ether oxygens (including phenoxy) is 1. The van der Waals surface area contributed by atoms with Gasteiger partial charge in [-0.3, -0.25) is 4.90 Å². The first-order chi connectivity index (χ1) is 14.3. The Balaban J connectivity index is 1.97. The molecule has 9 heteroatoms. The van der Waals surface area contributed by atoms with Crippen molar-refractivity contribution in [1.82, 2.24) is 4.90 Å². The molecule has 0 aromatic heterocycles. The number of nitrogens with zero attached hydrogens (tertiary/aromatic N) is 1. The minimum atomic E-state index is -4.16. The molecular formula is C21H22ClF2NO4S. The average Bonchev–Trinajstić information content (AvgIpc) is 2.74. The lowest BCUT2D eigenvalue weighted by Gasteiger charge is -2.52. The van der Waals surface area contributed by atoms with Gasteiger partial charge in [-0.2, -0.15) is 0 Å². The van der Waals surface area contributed by atoms with Gasteiger partial charge in [-0.15, -0.1) is 0 Å². The van der Waals surface area contributed by atoms with Crippen LogP contribution in [-0.4, -0.2) is 50.8 Å². The maximum Gasteiger partial charge on any atom is 0.190 e. The van der Waals surface area contributed by atoms with Crippen molar-refractivity contribution in [2.45, 2.75) is 34.9 Å². The molecule has 0 spiro atoms. The van der Waals surface area contributed by atoms with Gasteiger partial charge in [0.05, 0.1) is 16.5 Å². The lowest BCUT2D eigenvalue weighted by molar-refractivity contribution is 0.0401. The predicted molar refractivity (Wildman–Crippen MR) is 108 cm³/mol. The molecule has 0 aliphatic carbocycles. The van der Waals surface area contributed by atoms with E-state index in [1.165, 1.54) is 24.3 Å². The van der Waals surface area contributed by atoms with Crippen molar-refractivity contribution in [3.63, 3.8) is 0 Å². The summed E-state index contributed by atoms with van der Waals surface area (Å²) in [4.78, 5) is 1.90.